The zero-order valence-corrected chi connectivity index (χ0v) is 8.08. The predicted octanol–water partition coefficient (Wildman–Crippen LogP) is 1.74. The number of aryl methyl sites for hydroxylation is 2. The van der Waals surface area contributed by atoms with Crippen molar-refractivity contribution in [2.45, 2.75) is 19.8 Å². The molecule has 0 saturated heterocycles. The zero-order valence-electron chi connectivity index (χ0n) is 8.08. The Morgan fingerprint density at radius 2 is 2.46 bits per heavy atom. The van der Waals surface area contributed by atoms with Gasteiger partial charge < -0.3 is 0 Å². The Morgan fingerprint density at radius 3 is 3.00 bits per heavy atom. The third-order valence-corrected chi connectivity index (χ3v) is 1.87. The SMILES string of the molecule is C=CCC(=O)c1cn(C)nc1CC. The van der Waals surface area contributed by atoms with Crippen LogP contribution in [0.2, 0.25) is 0 Å². The van der Waals surface area contributed by atoms with E-state index in [2.05, 4.69) is 11.7 Å². The lowest BCUT2D eigenvalue weighted by Gasteiger charge is -1.94. The summed E-state index contributed by atoms with van der Waals surface area (Å²) in [7, 11) is 1.82. The van der Waals surface area contributed by atoms with E-state index < -0.39 is 0 Å². The van der Waals surface area contributed by atoms with E-state index in [1.54, 1.807) is 17.0 Å². The van der Waals surface area contributed by atoms with Crippen molar-refractivity contribution in [3.63, 3.8) is 0 Å². The first kappa shape index (κ1) is 9.71. The molecule has 0 aliphatic carbocycles. The predicted molar refractivity (Wildman–Crippen MR) is 51.7 cm³/mol. The summed E-state index contributed by atoms with van der Waals surface area (Å²) in [5.41, 5.74) is 1.60. The molecule has 3 heteroatoms. The fourth-order valence-electron chi connectivity index (χ4n) is 1.27. The van der Waals surface area contributed by atoms with Gasteiger partial charge in [-0.2, -0.15) is 5.10 Å². The Kier molecular flexibility index (Phi) is 3.01. The van der Waals surface area contributed by atoms with Crippen LogP contribution < -0.4 is 0 Å². The summed E-state index contributed by atoms with van der Waals surface area (Å²) in [4.78, 5) is 11.5. The molecule has 0 N–H and O–H groups in total. The zero-order chi connectivity index (χ0) is 9.84. The van der Waals surface area contributed by atoms with Crippen molar-refractivity contribution in [1.29, 1.82) is 0 Å². The minimum atomic E-state index is 0.0972. The van der Waals surface area contributed by atoms with Crippen LogP contribution in [0.25, 0.3) is 0 Å². The van der Waals surface area contributed by atoms with Gasteiger partial charge in [-0.05, 0) is 6.42 Å². The van der Waals surface area contributed by atoms with Crippen LogP contribution in [0.15, 0.2) is 18.9 Å². The monoisotopic (exact) mass is 178 g/mol. The molecule has 0 aliphatic heterocycles. The minimum Gasteiger partial charge on any atom is -0.294 e. The van der Waals surface area contributed by atoms with Gasteiger partial charge in [-0.1, -0.05) is 13.0 Å². The molecule has 1 aromatic rings. The van der Waals surface area contributed by atoms with Gasteiger partial charge in [0.2, 0.25) is 0 Å². The number of hydrogen-bond acceptors (Lipinski definition) is 2. The first-order valence-corrected chi connectivity index (χ1v) is 4.35. The van der Waals surface area contributed by atoms with Gasteiger partial charge in [0.05, 0.1) is 11.3 Å². The van der Waals surface area contributed by atoms with E-state index in [1.807, 2.05) is 14.0 Å². The number of hydrogen-bond donors (Lipinski definition) is 0. The van der Waals surface area contributed by atoms with Crippen molar-refractivity contribution < 1.29 is 4.79 Å². The molecule has 0 spiro atoms. The van der Waals surface area contributed by atoms with E-state index in [0.29, 0.717) is 6.42 Å². The van der Waals surface area contributed by atoms with Gasteiger partial charge in [0.15, 0.2) is 5.78 Å². The average molecular weight is 178 g/mol. The Hall–Kier alpha value is -1.38. The number of nitrogens with zero attached hydrogens (tertiary/aromatic N) is 2. The van der Waals surface area contributed by atoms with Gasteiger partial charge >= 0.3 is 0 Å². The molecule has 70 valence electrons. The normalized spacial score (nSPS) is 10.0. The number of carbonyl (C=O) groups is 1. The number of carbonyl (C=O) groups excluding carboxylic acids is 1. The van der Waals surface area contributed by atoms with Crippen molar-refractivity contribution in [1.82, 2.24) is 9.78 Å². The molecule has 1 rings (SSSR count). The van der Waals surface area contributed by atoms with Crippen LogP contribution in [0, 0.1) is 0 Å². The molecule has 3 nitrogen and oxygen atoms in total. The Balaban J connectivity index is 2.97. The van der Waals surface area contributed by atoms with Gasteiger partial charge in [-0.15, -0.1) is 6.58 Å². The van der Waals surface area contributed by atoms with Crippen LogP contribution in [-0.4, -0.2) is 15.6 Å². The van der Waals surface area contributed by atoms with Crippen LogP contribution >= 0.6 is 0 Å². The maximum absolute atomic E-state index is 11.5. The highest BCUT2D eigenvalue weighted by Gasteiger charge is 2.12. The summed E-state index contributed by atoms with van der Waals surface area (Å²) in [5, 5.41) is 4.19. The van der Waals surface area contributed by atoms with E-state index in [-0.39, 0.29) is 5.78 Å². The summed E-state index contributed by atoms with van der Waals surface area (Å²) in [5.74, 6) is 0.0972. The highest BCUT2D eigenvalue weighted by atomic mass is 16.1. The highest BCUT2D eigenvalue weighted by molar-refractivity contribution is 5.97. The molecule has 0 aliphatic rings. The molecule has 0 atom stereocenters. The van der Waals surface area contributed by atoms with Crippen molar-refractivity contribution >= 4 is 5.78 Å². The fourth-order valence-corrected chi connectivity index (χ4v) is 1.27. The van der Waals surface area contributed by atoms with Gasteiger partial charge in [0.25, 0.3) is 0 Å². The number of allylic oxidation sites excluding steroid dienone is 1. The number of aromatic nitrogens is 2. The molecule has 0 saturated carbocycles. The number of Topliss-reactive ketones (excluding diaryl/α,β-unsaturated/α-hetero) is 1. The first-order valence-electron chi connectivity index (χ1n) is 4.35. The quantitative estimate of drug-likeness (QED) is 0.520. The number of rotatable bonds is 4. The van der Waals surface area contributed by atoms with Crippen LogP contribution in [0.4, 0.5) is 0 Å². The van der Waals surface area contributed by atoms with Crippen LogP contribution in [0.5, 0.6) is 0 Å². The van der Waals surface area contributed by atoms with E-state index >= 15 is 0 Å². The summed E-state index contributed by atoms with van der Waals surface area (Å²) >= 11 is 0. The van der Waals surface area contributed by atoms with Gasteiger partial charge in [0.1, 0.15) is 0 Å². The average Bonchev–Trinajstić information content (AvgIpc) is 2.47. The maximum atomic E-state index is 11.5. The molecule has 13 heavy (non-hydrogen) atoms. The minimum absolute atomic E-state index is 0.0972. The van der Waals surface area contributed by atoms with Crippen LogP contribution in [-0.2, 0) is 13.5 Å². The maximum Gasteiger partial charge on any atom is 0.170 e. The molecule has 1 aromatic heterocycles. The lowest BCUT2D eigenvalue weighted by Crippen LogP contribution is -1.99. The van der Waals surface area contributed by atoms with Crippen LogP contribution in [0.3, 0.4) is 0 Å². The topological polar surface area (TPSA) is 34.9 Å². The second kappa shape index (κ2) is 4.03. The summed E-state index contributed by atoms with van der Waals surface area (Å²) in [6, 6.07) is 0. The lowest BCUT2D eigenvalue weighted by molar-refractivity contribution is 0.0995. The lowest BCUT2D eigenvalue weighted by atomic mass is 10.1. The van der Waals surface area contributed by atoms with Crippen molar-refractivity contribution in [3.8, 4) is 0 Å². The second-order valence-electron chi connectivity index (χ2n) is 2.93. The Labute approximate surface area is 78.1 Å². The van der Waals surface area contributed by atoms with E-state index in [9.17, 15) is 4.79 Å². The van der Waals surface area contributed by atoms with Gasteiger partial charge in [-0.3, -0.25) is 9.48 Å². The molecular formula is C10H14N2O. The summed E-state index contributed by atoms with van der Waals surface area (Å²) < 4.78 is 1.68. The molecule has 0 bridgehead atoms. The molecule has 0 radical (unpaired) electrons. The molecule has 1 heterocycles. The molecule has 0 amide bonds. The smallest absolute Gasteiger partial charge is 0.170 e. The van der Waals surface area contributed by atoms with Gasteiger partial charge in [0, 0.05) is 19.7 Å². The van der Waals surface area contributed by atoms with Crippen molar-refractivity contribution in [3.05, 3.63) is 30.1 Å². The van der Waals surface area contributed by atoms with E-state index in [1.165, 1.54) is 0 Å². The largest absolute Gasteiger partial charge is 0.294 e. The van der Waals surface area contributed by atoms with Gasteiger partial charge in [-0.25, -0.2) is 0 Å². The standard InChI is InChI=1S/C10H14N2O/c1-4-6-10(13)8-7-12(3)11-9(8)5-2/h4,7H,1,5-6H2,2-3H3. The second-order valence-corrected chi connectivity index (χ2v) is 2.93. The molecular weight excluding hydrogens is 164 g/mol. The van der Waals surface area contributed by atoms with Crippen LogP contribution in [0.1, 0.15) is 29.4 Å². The fraction of sp³-hybridized carbons (Fsp3) is 0.400. The van der Waals surface area contributed by atoms with E-state index in [0.717, 1.165) is 17.7 Å². The molecule has 0 fully saturated rings. The summed E-state index contributed by atoms with van der Waals surface area (Å²) in [6.45, 7) is 5.53. The third kappa shape index (κ3) is 2.05. The Morgan fingerprint density at radius 1 is 1.77 bits per heavy atom. The van der Waals surface area contributed by atoms with E-state index in [4.69, 9.17) is 0 Å². The Bertz CT molecular complexity index is 326. The molecule has 0 aromatic carbocycles. The molecule has 0 unspecified atom stereocenters. The first-order chi connectivity index (χ1) is 6.19. The summed E-state index contributed by atoms with van der Waals surface area (Å²) in [6.07, 6.45) is 4.57. The van der Waals surface area contributed by atoms with Crippen molar-refractivity contribution in [2.24, 2.45) is 7.05 Å². The van der Waals surface area contributed by atoms with Crippen molar-refractivity contribution in [2.75, 3.05) is 0 Å². The number of ketones is 1. The highest BCUT2D eigenvalue weighted by Crippen LogP contribution is 2.09. The third-order valence-electron chi connectivity index (χ3n) is 1.87.